The third-order valence-electron chi connectivity index (χ3n) is 3.36. The topological polar surface area (TPSA) is 29.5 Å². The predicted molar refractivity (Wildman–Crippen MR) is 77.7 cm³/mol. The SMILES string of the molecule is COc1ccccc1C(CO)Cc1cccc(C)c1. The molecule has 0 saturated carbocycles. The molecule has 1 N–H and O–H groups in total. The molecule has 2 aromatic carbocycles. The molecule has 0 spiro atoms. The van der Waals surface area contributed by atoms with E-state index in [1.807, 2.05) is 24.3 Å². The molecular formula is C17H20O2. The van der Waals surface area contributed by atoms with E-state index in [0.717, 1.165) is 17.7 Å². The van der Waals surface area contributed by atoms with E-state index in [-0.39, 0.29) is 12.5 Å². The van der Waals surface area contributed by atoms with E-state index in [1.54, 1.807) is 7.11 Å². The summed E-state index contributed by atoms with van der Waals surface area (Å²) in [7, 11) is 1.67. The van der Waals surface area contributed by atoms with Gasteiger partial charge in [0.05, 0.1) is 13.7 Å². The van der Waals surface area contributed by atoms with Crippen molar-refractivity contribution in [3.63, 3.8) is 0 Å². The Kier molecular flexibility index (Phi) is 4.58. The first-order valence-electron chi connectivity index (χ1n) is 6.54. The van der Waals surface area contributed by atoms with Crippen LogP contribution < -0.4 is 4.74 Å². The lowest BCUT2D eigenvalue weighted by molar-refractivity contribution is 0.261. The fourth-order valence-corrected chi connectivity index (χ4v) is 2.40. The largest absolute Gasteiger partial charge is 0.496 e. The van der Waals surface area contributed by atoms with Crippen molar-refractivity contribution in [2.24, 2.45) is 0 Å². The summed E-state index contributed by atoms with van der Waals surface area (Å²) in [6.07, 6.45) is 0.818. The first-order valence-corrected chi connectivity index (χ1v) is 6.54. The number of rotatable bonds is 5. The molecule has 2 heteroatoms. The van der Waals surface area contributed by atoms with E-state index >= 15 is 0 Å². The Morgan fingerprint density at radius 3 is 2.58 bits per heavy atom. The highest BCUT2D eigenvalue weighted by Crippen LogP contribution is 2.29. The standard InChI is InChI=1S/C17H20O2/c1-13-6-5-7-14(10-13)11-15(12-18)16-8-3-4-9-17(16)19-2/h3-10,15,18H,11-12H2,1-2H3. The molecule has 0 aliphatic rings. The number of hydrogen-bond donors (Lipinski definition) is 1. The summed E-state index contributed by atoms with van der Waals surface area (Å²) in [6.45, 7) is 2.20. The third-order valence-corrected chi connectivity index (χ3v) is 3.36. The van der Waals surface area contributed by atoms with Crippen molar-refractivity contribution in [3.05, 3.63) is 65.2 Å². The molecule has 19 heavy (non-hydrogen) atoms. The van der Waals surface area contributed by atoms with Gasteiger partial charge >= 0.3 is 0 Å². The molecule has 2 nitrogen and oxygen atoms in total. The van der Waals surface area contributed by atoms with Crippen LogP contribution in [0.2, 0.25) is 0 Å². The molecule has 0 radical (unpaired) electrons. The van der Waals surface area contributed by atoms with Crippen molar-refractivity contribution in [1.82, 2.24) is 0 Å². The first-order chi connectivity index (χ1) is 9.24. The molecule has 1 unspecified atom stereocenters. The summed E-state index contributed by atoms with van der Waals surface area (Å²) >= 11 is 0. The number of para-hydroxylation sites is 1. The van der Waals surface area contributed by atoms with Crippen LogP contribution in [0, 0.1) is 6.92 Å². The summed E-state index contributed by atoms with van der Waals surface area (Å²) in [4.78, 5) is 0. The van der Waals surface area contributed by atoms with Gasteiger partial charge in [0.15, 0.2) is 0 Å². The molecule has 0 bridgehead atoms. The highest BCUT2D eigenvalue weighted by Gasteiger charge is 2.15. The van der Waals surface area contributed by atoms with Crippen molar-refractivity contribution >= 4 is 0 Å². The van der Waals surface area contributed by atoms with Crippen molar-refractivity contribution in [2.45, 2.75) is 19.3 Å². The second-order valence-corrected chi connectivity index (χ2v) is 4.81. The van der Waals surface area contributed by atoms with Crippen molar-refractivity contribution in [1.29, 1.82) is 0 Å². The fraction of sp³-hybridized carbons (Fsp3) is 0.294. The van der Waals surface area contributed by atoms with Gasteiger partial charge < -0.3 is 9.84 Å². The maximum Gasteiger partial charge on any atom is 0.122 e. The number of aliphatic hydroxyl groups excluding tert-OH is 1. The van der Waals surface area contributed by atoms with E-state index in [1.165, 1.54) is 11.1 Å². The van der Waals surface area contributed by atoms with Gasteiger partial charge in [-0.3, -0.25) is 0 Å². The molecule has 100 valence electrons. The molecule has 0 aliphatic carbocycles. The Hall–Kier alpha value is -1.80. The van der Waals surface area contributed by atoms with E-state index in [2.05, 4.69) is 31.2 Å². The monoisotopic (exact) mass is 256 g/mol. The lowest BCUT2D eigenvalue weighted by atomic mass is 9.91. The smallest absolute Gasteiger partial charge is 0.122 e. The normalized spacial score (nSPS) is 12.2. The Morgan fingerprint density at radius 2 is 1.89 bits per heavy atom. The zero-order chi connectivity index (χ0) is 13.7. The average Bonchev–Trinajstić information content (AvgIpc) is 2.45. The van der Waals surface area contributed by atoms with E-state index in [0.29, 0.717) is 0 Å². The zero-order valence-corrected chi connectivity index (χ0v) is 11.5. The van der Waals surface area contributed by atoms with Crippen molar-refractivity contribution in [2.75, 3.05) is 13.7 Å². The summed E-state index contributed by atoms with van der Waals surface area (Å²) in [5, 5.41) is 9.67. The van der Waals surface area contributed by atoms with E-state index < -0.39 is 0 Å². The van der Waals surface area contributed by atoms with Crippen LogP contribution in [0.1, 0.15) is 22.6 Å². The van der Waals surface area contributed by atoms with Crippen LogP contribution in [0.3, 0.4) is 0 Å². The van der Waals surface area contributed by atoms with Crippen LogP contribution in [0.5, 0.6) is 5.75 Å². The van der Waals surface area contributed by atoms with E-state index in [9.17, 15) is 5.11 Å². The lowest BCUT2D eigenvalue weighted by Gasteiger charge is -2.18. The molecule has 1 atom stereocenters. The van der Waals surface area contributed by atoms with Crippen LogP contribution >= 0.6 is 0 Å². The Balaban J connectivity index is 2.25. The van der Waals surface area contributed by atoms with Crippen LogP contribution in [-0.2, 0) is 6.42 Å². The van der Waals surface area contributed by atoms with Gasteiger partial charge in [-0.25, -0.2) is 0 Å². The molecule has 0 aliphatic heterocycles. The minimum Gasteiger partial charge on any atom is -0.496 e. The molecule has 0 heterocycles. The van der Waals surface area contributed by atoms with Gasteiger partial charge in [-0.15, -0.1) is 0 Å². The van der Waals surface area contributed by atoms with Crippen molar-refractivity contribution in [3.8, 4) is 5.75 Å². The lowest BCUT2D eigenvalue weighted by Crippen LogP contribution is -2.09. The van der Waals surface area contributed by atoms with E-state index in [4.69, 9.17) is 4.74 Å². The van der Waals surface area contributed by atoms with Gasteiger partial charge in [0, 0.05) is 5.92 Å². The molecule has 0 fully saturated rings. The minimum absolute atomic E-state index is 0.0675. The number of ether oxygens (including phenoxy) is 1. The summed E-state index contributed by atoms with van der Waals surface area (Å²) in [5.74, 6) is 0.909. The Bertz CT molecular complexity index is 534. The van der Waals surface area contributed by atoms with Crippen LogP contribution in [-0.4, -0.2) is 18.8 Å². The molecule has 2 aromatic rings. The van der Waals surface area contributed by atoms with Crippen LogP contribution in [0.15, 0.2) is 48.5 Å². The Labute approximate surface area is 114 Å². The maximum absolute atomic E-state index is 9.67. The van der Waals surface area contributed by atoms with Gasteiger partial charge in [0.1, 0.15) is 5.75 Å². The second-order valence-electron chi connectivity index (χ2n) is 4.81. The first kappa shape index (κ1) is 13.6. The summed E-state index contributed by atoms with van der Waals surface area (Å²) in [6, 6.07) is 16.3. The number of benzene rings is 2. The summed E-state index contributed by atoms with van der Waals surface area (Å²) < 4.78 is 5.38. The van der Waals surface area contributed by atoms with Gasteiger partial charge in [0.2, 0.25) is 0 Å². The predicted octanol–water partition coefficient (Wildman–Crippen LogP) is 3.32. The van der Waals surface area contributed by atoms with Gasteiger partial charge in [0.25, 0.3) is 0 Å². The number of aliphatic hydroxyl groups is 1. The highest BCUT2D eigenvalue weighted by molar-refractivity contribution is 5.37. The zero-order valence-electron chi connectivity index (χ0n) is 11.5. The fourth-order valence-electron chi connectivity index (χ4n) is 2.40. The average molecular weight is 256 g/mol. The van der Waals surface area contributed by atoms with Crippen LogP contribution in [0.4, 0.5) is 0 Å². The number of hydrogen-bond acceptors (Lipinski definition) is 2. The van der Waals surface area contributed by atoms with Gasteiger partial charge in [-0.2, -0.15) is 0 Å². The second kappa shape index (κ2) is 6.39. The third kappa shape index (κ3) is 3.36. The molecule has 0 saturated heterocycles. The maximum atomic E-state index is 9.67. The highest BCUT2D eigenvalue weighted by atomic mass is 16.5. The quantitative estimate of drug-likeness (QED) is 0.889. The van der Waals surface area contributed by atoms with Gasteiger partial charge in [-0.05, 0) is 30.5 Å². The van der Waals surface area contributed by atoms with Crippen LogP contribution in [0.25, 0.3) is 0 Å². The molecule has 0 amide bonds. The number of aryl methyl sites for hydroxylation is 1. The minimum atomic E-state index is 0.0675. The Morgan fingerprint density at radius 1 is 1.11 bits per heavy atom. The summed E-state index contributed by atoms with van der Waals surface area (Å²) in [5.41, 5.74) is 3.55. The van der Waals surface area contributed by atoms with Crippen molar-refractivity contribution < 1.29 is 9.84 Å². The van der Waals surface area contributed by atoms with Gasteiger partial charge in [-0.1, -0.05) is 48.0 Å². The molecule has 0 aromatic heterocycles. The molecule has 2 rings (SSSR count). The number of methoxy groups -OCH3 is 1. The molecular weight excluding hydrogens is 236 g/mol.